The average Bonchev–Trinajstić information content (AvgIpc) is 3.40. The van der Waals surface area contributed by atoms with Gasteiger partial charge in [-0.1, -0.05) is 6.92 Å². The Hall–Kier alpha value is -1.16. The van der Waals surface area contributed by atoms with Crippen molar-refractivity contribution in [3.63, 3.8) is 0 Å². The molecule has 0 aromatic heterocycles. The number of aliphatic hydroxyl groups is 18. The van der Waals surface area contributed by atoms with E-state index in [0.717, 1.165) is 0 Å². The van der Waals surface area contributed by atoms with Crippen LogP contribution < -0.4 is 0 Å². The van der Waals surface area contributed by atoms with Gasteiger partial charge < -0.3 is 144 Å². The Balaban J connectivity index is 1.15. The van der Waals surface area contributed by atoms with Gasteiger partial charge >= 0.3 is 0 Å². The van der Waals surface area contributed by atoms with Gasteiger partial charge in [0, 0.05) is 62.9 Å². The van der Waals surface area contributed by atoms with E-state index >= 15 is 0 Å². The SMILES string of the molecule is CC1C2OC(CO)C(OC3CC(O)C(OC4OC(CO)C(OC(CCO)OC(CO)COC5CC(CO)C(OC6OC(CO)C(OC7CC(CO)C(O2)C(O)C7O)C(O)C6O)C(O)C5O)C(O)C4O)C(CO)C3)C1O. The maximum Gasteiger partial charge on any atom is 0.187 e. The van der Waals surface area contributed by atoms with Crippen molar-refractivity contribution in [2.45, 2.75) is 205 Å². The summed E-state index contributed by atoms with van der Waals surface area (Å²) >= 11 is 0. The van der Waals surface area contributed by atoms with Gasteiger partial charge in [-0.05, 0) is 19.3 Å². The summed E-state index contributed by atoms with van der Waals surface area (Å²) in [5, 5.41) is 197. The Kier molecular flexibility index (Phi) is 22.6. The lowest BCUT2D eigenvalue weighted by Gasteiger charge is -2.50. The summed E-state index contributed by atoms with van der Waals surface area (Å²) < 4.78 is 65.7. The number of hydrogen-bond donors (Lipinski definition) is 18. The van der Waals surface area contributed by atoms with Crippen molar-refractivity contribution in [1.82, 2.24) is 0 Å². The van der Waals surface area contributed by atoms with E-state index in [4.69, 9.17) is 52.1 Å². The fraction of sp³-hybridized carbons (Fsp3) is 1.00. The standard InChI is InChI=1S/C46H80O29/c1-16-29(56)41-25(12-52)69-44(16)74-39-19(10-50)6-24(31(58)33(39)60)68-42-26(13-53)70-46(36(63)34(42)61)75-40-18(9-49)5-23(30(57)32(40)59)65-15-21(11-51)66-28(2-3-47)72-43-27(14-54)71-45(37(64)35(43)62)73-38-17(8-48)4-20(67-41)7-22(38)55/h16-64H,2-15H2,1H3. The molecule has 29 nitrogen and oxygen atoms in total. The molecule has 0 amide bonds. The van der Waals surface area contributed by atoms with Crippen LogP contribution >= 0.6 is 0 Å². The van der Waals surface area contributed by atoms with Crippen molar-refractivity contribution in [3.8, 4) is 0 Å². The highest BCUT2D eigenvalue weighted by Crippen LogP contribution is 2.41. The molecule has 18 N–H and O–H groups in total. The Labute approximate surface area is 431 Å². The molecule has 15 aliphatic heterocycles. The molecule has 29 heteroatoms. The summed E-state index contributed by atoms with van der Waals surface area (Å²) in [4.78, 5) is 0. The lowest BCUT2D eigenvalue weighted by atomic mass is 9.80. The van der Waals surface area contributed by atoms with Gasteiger partial charge in [0.05, 0.1) is 81.9 Å². The monoisotopic (exact) mass is 1100 g/mol. The first-order chi connectivity index (χ1) is 35.9. The Morgan fingerprint density at radius 1 is 0.360 bits per heavy atom. The molecular formula is C46H80O29. The number of rotatable bonds is 9. The maximum absolute atomic E-state index is 11.7. The highest BCUT2D eigenvalue weighted by molar-refractivity contribution is 5.01. The second-order valence-corrected chi connectivity index (χ2v) is 20.8. The van der Waals surface area contributed by atoms with Gasteiger partial charge in [0.1, 0.15) is 91.6 Å². The molecule has 18 rings (SSSR count). The van der Waals surface area contributed by atoms with E-state index in [1.807, 2.05) is 0 Å². The van der Waals surface area contributed by atoms with Gasteiger partial charge in [0.25, 0.3) is 0 Å². The van der Waals surface area contributed by atoms with Crippen LogP contribution in [0.5, 0.6) is 0 Å². The van der Waals surface area contributed by atoms with Crippen LogP contribution in [0, 0.1) is 23.7 Å². The Morgan fingerprint density at radius 3 is 1.33 bits per heavy atom. The van der Waals surface area contributed by atoms with E-state index < -0.39 is 249 Å². The van der Waals surface area contributed by atoms with E-state index in [9.17, 15) is 91.9 Å². The zero-order chi connectivity index (χ0) is 54.6. The smallest absolute Gasteiger partial charge is 0.187 e. The summed E-state index contributed by atoms with van der Waals surface area (Å²) in [5.41, 5.74) is 0. The molecule has 3 aliphatic carbocycles. The Bertz CT molecular complexity index is 1690. The largest absolute Gasteiger partial charge is 0.396 e. The average molecular weight is 1100 g/mol. The van der Waals surface area contributed by atoms with E-state index in [0.29, 0.717) is 0 Å². The molecule has 0 aromatic rings. The fourth-order valence-electron chi connectivity index (χ4n) is 11.5. The number of ether oxygens (including phenoxy) is 11. The first kappa shape index (κ1) is 61.5. The first-order valence-electron chi connectivity index (χ1n) is 25.7. The predicted molar refractivity (Wildman–Crippen MR) is 241 cm³/mol. The molecule has 15 saturated heterocycles. The summed E-state index contributed by atoms with van der Waals surface area (Å²) in [6.45, 7) is -4.77. The molecule has 0 radical (unpaired) electrons. The molecule has 75 heavy (non-hydrogen) atoms. The van der Waals surface area contributed by atoms with E-state index in [2.05, 4.69) is 0 Å². The third-order valence-electron chi connectivity index (χ3n) is 15.8. The molecule has 15 heterocycles. The van der Waals surface area contributed by atoms with Gasteiger partial charge in [-0.2, -0.15) is 0 Å². The second-order valence-electron chi connectivity index (χ2n) is 20.8. The van der Waals surface area contributed by atoms with Gasteiger partial charge in [-0.15, -0.1) is 0 Å². The van der Waals surface area contributed by atoms with E-state index in [1.165, 1.54) is 6.92 Å². The zero-order valence-corrected chi connectivity index (χ0v) is 41.3. The quantitative estimate of drug-likeness (QED) is 0.102. The molecule has 31 atom stereocenters. The third kappa shape index (κ3) is 13.5. The topological polar surface area (TPSA) is 466 Å². The van der Waals surface area contributed by atoms with Crippen molar-refractivity contribution in [2.75, 3.05) is 59.5 Å². The predicted octanol–water partition coefficient (Wildman–Crippen LogP) is -9.66. The van der Waals surface area contributed by atoms with E-state index in [1.54, 1.807) is 0 Å². The van der Waals surface area contributed by atoms with Crippen LogP contribution in [0.15, 0.2) is 0 Å². The summed E-state index contributed by atoms with van der Waals surface area (Å²) in [6.07, 6.45) is -43.2. The van der Waals surface area contributed by atoms with Gasteiger partial charge in [-0.3, -0.25) is 0 Å². The number of hydrogen-bond acceptors (Lipinski definition) is 29. The molecule has 438 valence electrons. The minimum atomic E-state index is -2.00. The summed E-state index contributed by atoms with van der Waals surface area (Å²) in [7, 11) is 0. The zero-order valence-electron chi connectivity index (χ0n) is 41.3. The highest BCUT2D eigenvalue weighted by atomic mass is 16.7. The van der Waals surface area contributed by atoms with Crippen LogP contribution in [-0.2, 0) is 52.1 Å². The lowest BCUT2D eigenvalue weighted by Crippen LogP contribution is -2.65. The van der Waals surface area contributed by atoms with Crippen LogP contribution in [0.1, 0.15) is 39.0 Å². The molecule has 12 bridgehead atoms. The van der Waals surface area contributed by atoms with Crippen LogP contribution in [0.2, 0.25) is 0 Å². The van der Waals surface area contributed by atoms with Crippen LogP contribution in [0.25, 0.3) is 0 Å². The minimum absolute atomic E-state index is 0.0306. The lowest BCUT2D eigenvalue weighted by molar-refractivity contribution is -0.350. The molecule has 31 unspecified atom stereocenters. The highest BCUT2D eigenvalue weighted by Gasteiger charge is 2.56. The van der Waals surface area contributed by atoms with E-state index in [-0.39, 0.29) is 32.1 Å². The van der Waals surface area contributed by atoms with Gasteiger partial charge in [0.15, 0.2) is 25.2 Å². The van der Waals surface area contributed by atoms with Crippen molar-refractivity contribution >= 4 is 0 Å². The fourth-order valence-corrected chi connectivity index (χ4v) is 11.5. The van der Waals surface area contributed by atoms with Crippen molar-refractivity contribution in [1.29, 1.82) is 0 Å². The van der Waals surface area contributed by atoms with Crippen LogP contribution in [0.4, 0.5) is 0 Å². The second kappa shape index (κ2) is 27.5. The normalized spacial score (nSPS) is 52.0. The minimum Gasteiger partial charge on any atom is -0.396 e. The Morgan fingerprint density at radius 2 is 0.813 bits per heavy atom. The van der Waals surface area contributed by atoms with Gasteiger partial charge in [0.2, 0.25) is 0 Å². The first-order valence-corrected chi connectivity index (χ1v) is 25.7. The van der Waals surface area contributed by atoms with Crippen molar-refractivity contribution < 1.29 is 144 Å². The maximum atomic E-state index is 11.7. The molecule has 18 aliphatic rings. The van der Waals surface area contributed by atoms with Gasteiger partial charge in [-0.25, -0.2) is 0 Å². The number of aliphatic hydroxyl groups excluding tert-OH is 18. The molecule has 18 fully saturated rings. The molecule has 0 aromatic carbocycles. The third-order valence-corrected chi connectivity index (χ3v) is 15.8. The summed E-state index contributed by atoms with van der Waals surface area (Å²) in [5.74, 6) is -4.00. The molecular weight excluding hydrogens is 1020 g/mol. The summed E-state index contributed by atoms with van der Waals surface area (Å²) in [6, 6.07) is 0. The van der Waals surface area contributed by atoms with Crippen molar-refractivity contribution in [3.05, 3.63) is 0 Å². The van der Waals surface area contributed by atoms with Crippen LogP contribution in [0.3, 0.4) is 0 Å². The molecule has 0 spiro atoms. The molecule has 3 saturated carbocycles. The van der Waals surface area contributed by atoms with Crippen LogP contribution in [-0.4, -0.2) is 317 Å². The van der Waals surface area contributed by atoms with Crippen molar-refractivity contribution in [2.24, 2.45) is 23.7 Å².